The molecule has 1 aliphatic carbocycles. The van der Waals surface area contributed by atoms with Crippen molar-refractivity contribution in [3.05, 3.63) is 42.1 Å². The molecule has 1 aromatic heterocycles. The Bertz CT molecular complexity index is 738. The Balaban J connectivity index is 1.67. The van der Waals surface area contributed by atoms with Crippen molar-refractivity contribution in [1.29, 1.82) is 0 Å². The molecule has 0 saturated heterocycles. The second-order valence-corrected chi connectivity index (χ2v) is 6.17. The zero-order valence-electron chi connectivity index (χ0n) is 12.4. The largest absolute Gasteiger partial charge is 0.416 e. The molecule has 4 rings (SSSR count). The Hall–Kier alpha value is -2.24. The lowest BCUT2D eigenvalue weighted by atomic mass is 10.0. The number of nitrogens with one attached hydrogen (secondary N) is 1. The lowest BCUT2D eigenvalue weighted by molar-refractivity contribution is -0.137. The minimum Gasteiger partial charge on any atom is -0.351 e. The first kappa shape index (κ1) is 14.4. The third-order valence-corrected chi connectivity index (χ3v) is 4.34. The molecule has 1 N–H and O–H groups in total. The van der Waals surface area contributed by atoms with Crippen LogP contribution in [-0.4, -0.2) is 18.2 Å². The van der Waals surface area contributed by atoms with Gasteiger partial charge in [-0.05, 0) is 42.5 Å². The zero-order valence-corrected chi connectivity index (χ0v) is 12.4. The fraction of sp³-hybridized carbons (Fsp3) is 0.353. The minimum atomic E-state index is -4.33. The number of aromatic nitrogens is 1. The molecule has 3 nitrogen and oxygen atoms in total. The molecular weight excluding hydrogens is 303 g/mol. The van der Waals surface area contributed by atoms with Crippen molar-refractivity contribution in [2.75, 3.05) is 23.4 Å². The van der Waals surface area contributed by atoms with Crippen molar-refractivity contribution in [3.63, 3.8) is 0 Å². The number of benzene rings is 1. The molecule has 6 heteroatoms. The smallest absolute Gasteiger partial charge is 0.351 e. The maximum Gasteiger partial charge on any atom is 0.416 e. The maximum absolute atomic E-state index is 12.9. The van der Waals surface area contributed by atoms with E-state index < -0.39 is 11.7 Å². The summed E-state index contributed by atoms with van der Waals surface area (Å²) in [5.74, 6) is 1.54. The van der Waals surface area contributed by atoms with Crippen molar-refractivity contribution in [3.8, 4) is 11.1 Å². The van der Waals surface area contributed by atoms with Gasteiger partial charge in [0, 0.05) is 18.3 Å². The Morgan fingerprint density at radius 2 is 2.00 bits per heavy atom. The Morgan fingerprint density at radius 3 is 2.74 bits per heavy atom. The summed E-state index contributed by atoms with van der Waals surface area (Å²) in [6.07, 6.45) is -0.194. The van der Waals surface area contributed by atoms with E-state index in [0.29, 0.717) is 17.8 Å². The normalized spacial score (nSPS) is 17.1. The van der Waals surface area contributed by atoms with E-state index in [1.54, 1.807) is 12.3 Å². The molecule has 1 aromatic carbocycles. The van der Waals surface area contributed by atoms with Crippen LogP contribution >= 0.6 is 0 Å². The fourth-order valence-electron chi connectivity index (χ4n) is 2.89. The summed E-state index contributed by atoms with van der Waals surface area (Å²) in [5.41, 5.74) is 1.59. The summed E-state index contributed by atoms with van der Waals surface area (Å²) in [7, 11) is 0. The first-order valence-corrected chi connectivity index (χ1v) is 7.67. The molecule has 1 aliphatic heterocycles. The third-order valence-electron chi connectivity index (χ3n) is 4.34. The summed E-state index contributed by atoms with van der Waals surface area (Å²) < 4.78 is 38.6. The van der Waals surface area contributed by atoms with Crippen LogP contribution in [0.4, 0.5) is 24.7 Å². The topological polar surface area (TPSA) is 28.2 Å². The summed E-state index contributed by atoms with van der Waals surface area (Å²) in [5, 5.41) is 3.23. The molecule has 2 aromatic rings. The van der Waals surface area contributed by atoms with Crippen LogP contribution in [0.1, 0.15) is 18.4 Å². The number of alkyl halides is 3. The highest BCUT2D eigenvalue weighted by Crippen LogP contribution is 2.38. The highest BCUT2D eigenvalue weighted by molar-refractivity contribution is 5.78. The van der Waals surface area contributed by atoms with Gasteiger partial charge >= 0.3 is 6.18 Å². The van der Waals surface area contributed by atoms with Crippen LogP contribution in [0.3, 0.4) is 0 Å². The Morgan fingerprint density at radius 1 is 1.17 bits per heavy atom. The van der Waals surface area contributed by atoms with Gasteiger partial charge in [-0.3, -0.25) is 0 Å². The molecule has 0 amide bonds. The highest BCUT2D eigenvalue weighted by Gasteiger charge is 2.31. The number of hydrogen-bond acceptors (Lipinski definition) is 3. The fourth-order valence-corrected chi connectivity index (χ4v) is 2.89. The first-order valence-electron chi connectivity index (χ1n) is 7.67. The van der Waals surface area contributed by atoms with Gasteiger partial charge in [0.25, 0.3) is 0 Å². The number of nitrogens with zero attached hydrogens (tertiary/aromatic N) is 2. The van der Waals surface area contributed by atoms with Crippen LogP contribution in [0.5, 0.6) is 0 Å². The summed E-state index contributed by atoms with van der Waals surface area (Å²) in [6.45, 7) is 1.69. The number of fused-ring (bicyclic) bond motifs is 1. The van der Waals surface area contributed by atoms with Crippen molar-refractivity contribution in [1.82, 2.24) is 4.98 Å². The van der Waals surface area contributed by atoms with Gasteiger partial charge in [0.2, 0.25) is 0 Å². The van der Waals surface area contributed by atoms with Gasteiger partial charge in [-0.15, -0.1) is 0 Å². The van der Waals surface area contributed by atoms with Gasteiger partial charge in [0.15, 0.2) is 5.82 Å². The van der Waals surface area contributed by atoms with Gasteiger partial charge in [-0.1, -0.05) is 12.1 Å². The molecule has 1 saturated carbocycles. The number of rotatable bonds is 3. The van der Waals surface area contributed by atoms with Gasteiger partial charge in [0.1, 0.15) is 0 Å². The SMILES string of the molecule is FC(F)(F)c1cccc(-c2cnc3c(c2)N(CC2CC2)CN3)c1. The molecule has 0 spiro atoms. The lowest BCUT2D eigenvalue weighted by Gasteiger charge is -2.17. The van der Waals surface area contributed by atoms with Crippen molar-refractivity contribution in [2.45, 2.75) is 19.0 Å². The van der Waals surface area contributed by atoms with Crippen LogP contribution < -0.4 is 10.2 Å². The minimum absolute atomic E-state index is 0.536. The lowest BCUT2D eigenvalue weighted by Crippen LogP contribution is -2.25. The second-order valence-electron chi connectivity index (χ2n) is 6.17. The van der Waals surface area contributed by atoms with Crippen LogP contribution in [-0.2, 0) is 6.18 Å². The maximum atomic E-state index is 12.9. The average Bonchev–Trinajstić information content (AvgIpc) is 3.26. The van der Waals surface area contributed by atoms with Crippen molar-refractivity contribution < 1.29 is 13.2 Å². The van der Waals surface area contributed by atoms with E-state index in [1.807, 2.05) is 6.07 Å². The number of halogens is 3. The predicted octanol–water partition coefficient (Wildman–Crippen LogP) is 4.37. The molecule has 0 bridgehead atoms. The number of pyridine rings is 1. The average molecular weight is 319 g/mol. The summed E-state index contributed by atoms with van der Waals surface area (Å²) in [6, 6.07) is 7.32. The standard InChI is InChI=1S/C17H16F3N3/c18-17(19,20)14-3-1-2-12(6-14)13-7-15-16(21-8-13)22-10-23(15)9-11-4-5-11/h1-3,6-8,11H,4-5,9-10H2,(H,21,22). The second kappa shape index (κ2) is 5.15. The first-order chi connectivity index (χ1) is 11.0. The Kier molecular flexibility index (Phi) is 3.21. The third kappa shape index (κ3) is 2.85. The Labute approximate surface area is 132 Å². The van der Waals surface area contributed by atoms with E-state index in [9.17, 15) is 13.2 Å². The van der Waals surface area contributed by atoms with Crippen LogP contribution in [0.25, 0.3) is 11.1 Å². The van der Waals surface area contributed by atoms with Crippen LogP contribution in [0.2, 0.25) is 0 Å². The van der Waals surface area contributed by atoms with E-state index in [-0.39, 0.29) is 0 Å². The van der Waals surface area contributed by atoms with Gasteiger partial charge in [-0.2, -0.15) is 13.2 Å². The molecule has 2 heterocycles. The molecule has 0 radical (unpaired) electrons. The monoisotopic (exact) mass is 319 g/mol. The zero-order chi connectivity index (χ0) is 16.0. The van der Waals surface area contributed by atoms with Crippen LogP contribution in [0.15, 0.2) is 36.5 Å². The van der Waals surface area contributed by atoms with Gasteiger partial charge < -0.3 is 10.2 Å². The summed E-state index contributed by atoms with van der Waals surface area (Å²) in [4.78, 5) is 6.59. The van der Waals surface area contributed by atoms with Crippen molar-refractivity contribution in [2.24, 2.45) is 5.92 Å². The van der Waals surface area contributed by atoms with E-state index in [1.165, 1.54) is 25.0 Å². The molecule has 23 heavy (non-hydrogen) atoms. The molecule has 2 aliphatic rings. The van der Waals surface area contributed by atoms with E-state index >= 15 is 0 Å². The van der Waals surface area contributed by atoms with Crippen LogP contribution in [0, 0.1) is 5.92 Å². The van der Waals surface area contributed by atoms with Crippen molar-refractivity contribution >= 4 is 11.5 Å². The molecule has 120 valence electrons. The van der Waals surface area contributed by atoms with E-state index in [0.717, 1.165) is 30.0 Å². The van der Waals surface area contributed by atoms with Gasteiger partial charge in [-0.25, -0.2) is 4.98 Å². The molecule has 1 fully saturated rings. The number of hydrogen-bond donors (Lipinski definition) is 1. The van der Waals surface area contributed by atoms with Gasteiger partial charge in [0.05, 0.1) is 17.9 Å². The van der Waals surface area contributed by atoms with E-state index in [2.05, 4.69) is 15.2 Å². The summed E-state index contributed by atoms with van der Waals surface area (Å²) >= 11 is 0. The number of anilines is 2. The predicted molar refractivity (Wildman–Crippen MR) is 83.2 cm³/mol. The molecular formula is C17H16F3N3. The highest BCUT2D eigenvalue weighted by atomic mass is 19.4. The quantitative estimate of drug-likeness (QED) is 0.911. The molecule has 0 atom stereocenters. The molecule has 0 unspecified atom stereocenters. The van der Waals surface area contributed by atoms with E-state index in [4.69, 9.17) is 0 Å².